The molecule has 0 aliphatic carbocycles. The van der Waals surface area contributed by atoms with Crippen molar-refractivity contribution in [2.45, 2.75) is 13.0 Å². The van der Waals surface area contributed by atoms with Crippen LogP contribution < -0.4 is 5.32 Å². The van der Waals surface area contributed by atoms with Gasteiger partial charge in [-0.05, 0) is 12.5 Å². The first-order valence-electron chi connectivity index (χ1n) is 3.10. The van der Waals surface area contributed by atoms with Crippen molar-refractivity contribution in [2.24, 2.45) is 0 Å². The van der Waals surface area contributed by atoms with Gasteiger partial charge < -0.3 is 5.32 Å². The van der Waals surface area contributed by atoms with Gasteiger partial charge in [-0.2, -0.15) is 0 Å². The highest BCUT2D eigenvalue weighted by Gasteiger charge is 1.96. The molecule has 0 bridgehead atoms. The fourth-order valence-corrected chi connectivity index (χ4v) is 0.714. The highest BCUT2D eigenvalue weighted by Crippen LogP contribution is 2.02. The molecule has 0 radical (unpaired) electrons. The predicted octanol–water partition coefficient (Wildman–Crippen LogP) is 1.60. The minimum atomic E-state index is 0.466. The van der Waals surface area contributed by atoms with E-state index in [4.69, 9.17) is 0 Å². The molecule has 0 fully saturated rings. The molecule has 1 heterocycles. The highest BCUT2D eigenvalue weighted by atomic mass is 14.9. The zero-order valence-electron chi connectivity index (χ0n) is 5.59. The van der Waals surface area contributed by atoms with Crippen LogP contribution in [0, 0.1) is 0 Å². The second-order valence-electron chi connectivity index (χ2n) is 2.16. The van der Waals surface area contributed by atoms with Crippen LogP contribution in [0.15, 0.2) is 36.6 Å². The molecule has 1 aliphatic rings. The number of nitrogens with one attached hydrogen (secondary N) is 1. The molecule has 0 saturated heterocycles. The van der Waals surface area contributed by atoms with Crippen molar-refractivity contribution in [3.8, 4) is 0 Å². The Labute approximate surface area is 55.8 Å². The van der Waals surface area contributed by atoms with Gasteiger partial charge in [-0.25, -0.2) is 0 Å². The van der Waals surface area contributed by atoms with Gasteiger partial charge in [0.1, 0.15) is 0 Å². The molecule has 0 spiro atoms. The summed E-state index contributed by atoms with van der Waals surface area (Å²) in [6.07, 6.45) is 7.97. The lowest BCUT2D eigenvalue weighted by Gasteiger charge is -2.11. The maximum absolute atomic E-state index is 3.65. The van der Waals surface area contributed by atoms with Crippen LogP contribution in [0.3, 0.4) is 0 Å². The summed E-state index contributed by atoms with van der Waals surface area (Å²) in [6.45, 7) is 5.75. The summed E-state index contributed by atoms with van der Waals surface area (Å²) in [5.41, 5.74) is 1.15. The van der Waals surface area contributed by atoms with E-state index in [2.05, 4.69) is 31.0 Å². The van der Waals surface area contributed by atoms with E-state index in [-0.39, 0.29) is 0 Å². The van der Waals surface area contributed by atoms with Gasteiger partial charge in [-0.3, -0.25) is 0 Å². The second-order valence-corrected chi connectivity index (χ2v) is 2.16. The zero-order chi connectivity index (χ0) is 6.69. The molecule has 48 valence electrons. The molecule has 1 rings (SSSR count). The van der Waals surface area contributed by atoms with Gasteiger partial charge >= 0.3 is 0 Å². The predicted molar refractivity (Wildman–Crippen MR) is 40.0 cm³/mol. The van der Waals surface area contributed by atoms with Crippen LogP contribution >= 0.6 is 0 Å². The largest absolute Gasteiger partial charge is 0.384 e. The fourth-order valence-electron chi connectivity index (χ4n) is 0.714. The van der Waals surface area contributed by atoms with E-state index < -0.39 is 0 Å². The molecule has 1 heteroatoms. The Morgan fingerprint density at radius 3 is 3.00 bits per heavy atom. The summed E-state index contributed by atoms with van der Waals surface area (Å²) < 4.78 is 0. The van der Waals surface area contributed by atoms with Crippen molar-refractivity contribution in [1.82, 2.24) is 5.32 Å². The lowest BCUT2D eigenvalue weighted by atomic mass is 10.1. The van der Waals surface area contributed by atoms with Crippen LogP contribution in [0.1, 0.15) is 6.92 Å². The van der Waals surface area contributed by atoms with E-state index in [9.17, 15) is 0 Å². The monoisotopic (exact) mass is 121 g/mol. The zero-order valence-corrected chi connectivity index (χ0v) is 5.59. The molecular weight excluding hydrogens is 110 g/mol. The van der Waals surface area contributed by atoms with Gasteiger partial charge in [-0.1, -0.05) is 24.8 Å². The van der Waals surface area contributed by atoms with Crippen LogP contribution in [0.5, 0.6) is 0 Å². The molecule has 1 N–H and O–H groups in total. The Kier molecular flexibility index (Phi) is 1.73. The van der Waals surface area contributed by atoms with Gasteiger partial charge in [0.15, 0.2) is 0 Å². The number of hydrogen-bond acceptors (Lipinski definition) is 1. The molecule has 0 aromatic rings. The van der Waals surface area contributed by atoms with Crippen molar-refractivity contribution in [3.05, 3.63) is 36.6 Å². The standard InChI is InChI=1S/C8H11N/c1-3-8-5-4-7(2)9-6-8/h3-7,9H,1H2,2H3. The lowest BCUT2D eigenvalue weighted by molar-refractivity contribution is 0.756. The molecule has 1 unspecified atom stereocenters. The number of allylic oxidation sites excluding steroid dienone is 3. The summed E-state index contributed by atoms with van der Waals surface area (Å²) in [7, 11) is 0. The van der Waals surface area contributed by atoms with Crippen molar-refractivity contribution in [3.63, 3.8) is 0 Å². The molecular formula is C8H11N. The van der Waals surface area contributed by atoms with Crippen LogP contribution in [0.4, 0.5) is 0 Å². The van der Waals surface area contributed by atoms with E-state index in [0.717, 1.165) is 5.57 Å². The van der Waals surface area contributed by atoms with Gasteiger partial charge in [0.2, 0.25) is 0 Å². The quantitative estimate of drug-likeness (QED) is 0.555. The van der Waals surface area contributed by atoms with Crippen LogP contribution in [0.25, 0.3) is 0 Å². The SMILES string of the molecule is C=CC1=CNC(C)C=C1. The first-order valence-corrected chi connectivity index (χ1v) is 3.10. The van der Waals surface area contributed by atoms with E-state index in [1.165, 1.54) is 0 Å². The third-order valence-corrected chi connectivity index (χ3v) is 1.33. The van der Waals surface area contributed by atoms with Crippen molar-refractivity contribution >= 4 is 0 Å². The van der Waals surface area contributed by atoms with Gasteiger partial charge in [0, 0.05) is 12.2 Å². The third-order valence-electron chi connectivity index (χ3n) is 1.33. The first kappa shape index (κ1) is 6.14. The lowest BCUT2D eigenvalue weighted by Crippen LogP contribution is -2.20. The molecule has 0 amide bonds. The molecule has 1 nitrogen and oxygen atoms in total. The van der Waals surface area contributed by atoms with Crippen LogP contribution in [-0.2, 0) is 0 Å². The summed E-state index contributed by atoms with van der Waals surface area (Å²) in [6, 6.07) is 0.466. The van der Waals surface area contributed by atoms with Gasteiger partial charge in [0.05, 0.1) is 0 Å². The summed E-state index contributed by atoms with van der Waals surface area (Å²) in [5.74, 6) is 0. The Balaban J connectivity index is 2.62. The topological polar surface area (TPSA) is 12.0 Å². The average molecular weight is 121 g/mol. The van der Waals surface area contributed by atoms with Gasteiger partial charge in [0.25, 0.3) is 0 Å². The Hall–Kier alpha value is -0.980. The number of rotatable bonds is 1. The molecule has 1 atom stereocenters. The summed E-state index contributed by atoms with van der Waals surface area (Å²) in [5, 5.41) is 3.16. The Morgan fingerprint density at radius 1 is 1.78 bits per heavy atom. The maximum Gasteiger partial charge on any atom is 0.0414 e. The fraction of sp³-hybridized carbons (Fsp3) is 0.250. The molecule has 1 aliphatic heterocycles. The third kappa shape index (κ3) is 1.46. The Bertz CT molecular complexity index is 165. The highest BCUT2D eigenvalue weighted by molar-refractivity contribution is 5.31. The van der Waals surface area contributed by atoms with Crippen molar-refractivity contribution in [2.75, 3.05) is 0 Å². The second kappa shape index (κ2) is 2.53. The van der Waals surface area contributed by atoms with E-state index in [1.54, 1.807) is 0 Å². The van der Waals surface area contributed by atoms with Crippen molar-refractivity contribution < 1.29 is 0 Å². The molecule has 0 aromatic heterocycles. The number of hydrogen-bond donors (Lipinski definition) is 1. The smallest absolute Gasteiger partial charge is 0.0414 e. The van der Waals surface area contributed by atoms with E-state index in [0.29, 0.717) is 6.04 Å². The summed E-state index contributed by atoms with van der Waals surface area (Å²) in [4.78, 5) is 0. The average Bonchev–Trinajstić information content (AvgIpc) is 1.90. The maximum atomic E-state index is 3.65. The van der Waals surface area contributed by atoms with Crippen LogP contribution in [-0.4, -0.2) is 6.04 Å². The minimum absolute atomic E-state index is 0.466. The molecule has 9 heavy (non-hydrogen) atoms. The van der Waals surface area contributed by atoms with Crippen molar-refractivity contribution in [1.29, 1.82) is 0 Å². The van der Waals surface area contributed by atoms with E-state index >= 15 is 0 Å². The van der Waals surface area contributed by atoms with E-state index in [1.807, 2.05) is 12.3 Å². The first-order chi connectivity index (χ1) is 4.33. The Morgan fingerprint density at radius 2 is 2.56 bits per heavy atom. The van der Waals surface area contributed by atoms with Gasteiger partial charge in [-0.15, -0.1) is 0 Å². The van der Waals surface area contributed by atoms with Crippen LogP contribution in [0.2, 0.25) is 0 Å². The molecule has 0 aromatic carbocycles. The summed E-state index contributed by atoms with van der Waals surface area (Å²) >= 11 is 0. The minimum Gasteiger partial charge on any atom is -0.384 e. The number of dihydropyridines is 1. The molecule has 0 saturated carbocycles. The normalized spacial score (nSPS) is 24.6.